The molecule has 0 saturated carbocycles. The van der Waals surface area contributed by atoms with Gasteiger partial charge in [-0.25, -0.2) is 0 Å². The lowest BCUT2D eigenvalue weighted by atomic mass is 10.0. The molecule has 0 radical (unpaired) electrons. The Balaban J connectivity index is 1.64. The summed E-state index contributed by atoms with van der Waals surface area (Å²) < 4.78 is 0. The Morgan fingerprint density at radius 2 is 1.72 bits per heavy atom. The number of benzene rings is 1. The Labute approximate surface area is 142 Å². The molecule has 1 aromatic carbocycles. The summed E-state index contributed by atoms with van der Waals surface area (Å²) in [7, 11) is 0. The number of ketones is 1. The fourth-order valence-electron chi connectivity index (χ4n) is 3.51. The number of nitrogens with zero attached hydrogens (tertiary/aromatic N) is 2. The fraction of sp³-hybridized carbons (Fsp3) is 0.353. The molecular weight excluding hydrogens is 326 g/mol. The second kappa shape index (κ2) is 5.51. The molecule has 8 nitrogen and oxygen atoms in total. The number of hydrogen-bond acceptors (Lipinski definition) is 6. The molecule has 3 aliphatic rings. The maximum atomic E-state index is 12.7. The monoisotopic (exact) mass is 341 g/mol. The van der Waals surface area contributed by atoms with Crippen molar-refractivity contribution in [2.24, 2.45) is 0 Å². The Bertz CT molecular complexity index is 847. The van der Waals surface area contributed by atoms with E-state index in [1.807, 2.05) is 4.90 Å². The summed E-state index contributed by atoms with van der Waals surface area (Å²) in [6.45, 7) is 0.869. The zero-order chi connectivity index (χ0) is 17.7. The normalized spacial score (nSPS) is 23.4. The molecule has 1 atom stereocenters. The van der Waals surface area contributed by atoms with Crippen molar-refractivity contribution in [2.75, 3.05) is 18.0 Å². The van der Waals surface area contributed by atoms with Gasteiger partial charge in [-0.15, -0.1) is 0 Å². The van der Waals surface area contributed by atoms with E-state index in [2.05, 4.69) is 5.32 Å². The maximum absolute atomic E-state index is 12.7. The average Bonchev–Trinajstić information content (AvgIpc) is 3.11. The summed E-state index contributed by atoms with van der Waals surface area (Å²) in [5, 5.41) is 2.17. The van der Waals surface area contributed by atoms with E-state index in [1.165, 1.54) is 0 Å². The average molecular weight is 341 g/mol. The van der Waals surface area contributed by atoms with Gasteiger partial charge in [-0.3, -0.25) is 34.2 Å². The summed E-state index contributed by atoms with van der Waals surface area (Å²) in [6, 6.07) is 3.89. The molecule has 4 rings (SSSR count). The number of anilines is 1. The molecule has 0 bridgehead atoms. The molecule has 0 spiro atoms. The number of fused-ring (bicyclic) bond motifs is 1. The van der Waals surface area contributed by atoms with E-state index in [1.54, 1.807) is 18.2 Å². The van der Waals surface area contributed by atoms with Gasteiger partial charge in [-0.05, 0) is 24.6 Å². The van der Waals surface area contributed by atoms with Gasteiger partial charge in [-0.1, -0.05) is 0 Å². The largest absolute Gasteiger partial charge is 0.364 e. The lowest BCUT2D eigenvalue weighted by Crippen LogP contribution is -2.54. The van der Waals surface area contributed by atoms with Crippen LogP contribution in [0.3, 0.4) is 0 Å². The summed E-state index contributed by atoms with van der Waals surface area (Å²) in [4.78, 5) is 62.9. The first-order valence-corrected chi connectivity index (χ1v) is 8.08. The third-order valence-corrected chi connectivity index (χ3v) is 4.82. The van der Waals surface area contributed by atoms with Crippen LogP contribution in [0.4, 0.5) is 5.69 Å². The minimum absolute atomic E-state index is 0.0882. The lowest BCUT2D eigenvalue weighted by Gasteiger charge is -2.27. The first kappa shape index (κ1) is 15.5. The van der Waals surface area contributed by atoms with Gasteiger partial charge in [-0.2, -0.15) is 0 Å². The van der Waals surface area contributed by atoms with Crippen molar-refractivity contribution in [1.29, 1.82) is 0 Å². The number of piperidine rings is 1. The Morgan fingerprint density at radius 1 is 0.960 bits per heavy atom. The van der Waals surface area contributed by atoms with Crippen molar-refractivity contribution in [3.05, 3.63) is 29.3 Å². The molecule has 3 aliphatic heterocycles. The molecule has 25 heavy (non-hydrogen) atoms. The molecule has 3 heterocycles. The molecule has 1 N–H and O–H groups in total. The van der Waals surface area contributed by atoms with E-state index < -0.39 is 29.7 Å². The molecule has 4 amide bonds. The van der Waals surface area contributed by atoms with E-state index >= 15 is 0 Å². The quantitative estimate of drug-likeness (QED) is 0.752. The second-order valence-electron chi connectivity index (χ2n) is 6.39. The smallest absolute Gasteiger partial charge is 0.262 e. The van der Waals surface area contributed by atoms with Crippen molar-refractivity contribution >= 4 is 35.1 Å². The molecule has 128 valence electrons. The van der Waals surface area contributed by atoms with Crippen LogP contribution in [0.1, 0.15) is 40.0 Å². The first-order chi connectivity index (χ1) is 12.0. The molecule has 2 fully saturated rings. The molecular formula is C17H15N3O5. The van der Waals surface area contributed by atoms with Crippen molar-refractivity contribution < 1.29 is 24.0 Å². The standard InChI is InChI=1S/C17H15N3O5/c21-10-5-6-19(8-10)9-1-2-11-12(7-9)17(25)20(16(11)24)13-3-4-14(22)18-15(13)23/h1-2,7,13H,3-6,8H2,(H,18,22,23). The van der Waals surface area contributed by atoms with E-state index in [0.717, 1.165) is 4.90 Å². The first-order valence-electron chi connectivity index (χ1n) is 8.08. The number of amides is 4. The molecule has 1 unspecified atom stereocenters. The van der Waals surface area contributed by atoms with E-state index in [-0.39, 0.29) is 36.3 Å². The van der Waals surface area contributed by atoms with Gasteiger partial charge in [0, 0.05) is 25.1 Å². The summed E-state index contributed by atoms with van der Waals surface area (Å²) in [5.74, 6) is -1.97. The fourth-order valence-corrected chi connectivity index (χ4v) is 3.51. The highest BCUT2D eigenvalue weighted by Crippen LogP contribution is 2.31. The van der Waals surface area contributed by atoms with Crippen LogP contribution in [0.5, 0.6) is 0 Å². The predicted molar refractivity (Wildman–Crippen MR) is 85.0 cm³/mol. The van der Waals surface area contributed by atoms with Gasteiger partial charge in [0.2, 0.25) is 11.8 Å². The van der Waals surface area contributed by atoms with Gasteiger partial charge >= 0.3 is 0 Å². The van der Waals surface area contributed by atoms with Crippen LogP contribution in [-0.2, 0) is 14.4 Å². The SMILES string of the molecule is O=C1CCN(c2ccc3c(c2)C(=O)N(C2CCC(=O)NC2=O)C3=O)C1. The van der Waals surface area contributed by atoms with Crippen molar-refractivity contribution in [1.82, 2.24) is 10.2 Å². The van der Waals surface area contributed by atoms with Crippen LogP contribution in [0.15, 0.2) is 18.2 Å². The third kappa shape index (κ3) is 2.41. The highest BCUT2D eigenvalue weighted by atomic mass is 16.2. The number of Topliss-reactive ketones (excluding diaryl/α,β-unsaturated/α-hetero) is 1. The topological polar surface area (TPSA) is 104 Å². The van der Waals surface area contributed by atoms with Crippen LogP contribution in [0, 0.1) is 0 Å². The van der Waals surface area contributed by atoms with Gasteiger partial charge in [0.1, 0.15) is 6.04 Å². The lowest BCUT2D eigenvalue weighted by molar-refractivity contribution is -0.136. The van der Waals surface area contributed by atoms with Crippen molar-refractivity contribution in [3.8, 4) is 0 Å². The summed E-state index contributed by atoms with van der Waals surface area (Å²) >= 11 is 0. The zero-order valence-electron chi connectivity index (χ0n) is 13.3. The number of imide groups is 2. The van der Waals surface area contributed by atoms with Gasteiger partial charge in [0.25, 0.3) is 11.8 Å². The van der Waals surface area contributed by atoms with Crippen LogP contribution in [-0.4, -0.2) is 53.4 Å². The Morgan fingerprint density at radius 3 is 2.40 bits per heavy atom. The van der Waals surface area contributed by atoms with Crippen molar-refractivity contribution in [3.63, 3.8) is 0 Å². The highest BCUT2D eigenvalue weighted by molar-refractivity contribution is 6.23. The summed E-state index contributed by atoms with van der Waals surface area (Å²) in [5.41, 5.74) is 1.17. The van der Waals surface area contributed by atoms with Gasteiger partial charge < -0.3 is 4.90 Å². The minimum Gasteiger partial charge on any atom is -0.364 e. The number of nitrogens with one attached hydrogen (secondary N) is 1. The van der Waals surface area contributed by atoms with Gasteiger partial charge in [0.15, 0.2) is 5.78 Å². The number of carbonyl (C=O) groups excluding carboxylic acids is 5. The van der Waals surface area contributed by atoms with Crippen LogP contribution in [0.25, 0.3) is 0 Å². The van der Waals surface area contributed by atoms with Crippen LogP contribution < -0.4 is 10.2 Å². The summed E-state index contributed by atoms with van der Waals surface area (Å²) in [6.07, 6.45) is 0.681. The van der Waals surface area contributed by atoms with E-state index in [9.17, 15) is 24.0 Å². The Hall–Kier alpha value is -3.03. The molecule has 8 heteroatoms. The third-order valence-electron chi connectivity index (χ3n) is 4.82. The van der Waals surface area contributed by atoms with Gasteiger partial charge in [0.05, 0.1) is 17.7 Å². The number of hydrogen-bond donors (Lipinski definition) is 1. The number of carbonyl (C=O) groups is 5. The molecule has 2 saturated heterocycles. The molecule has 0 aliphatic carbocycles. The van der Waals surface area contributed by atoms with Crippen LogP contribution in [0.2, 0.25) is 0 Å². The Kier molecular flexibility index (Phi) is 3.41. The van der Waals surface area contributed by atoms with E-state index in [0.29, 0.717) is 18.7 Å². The van der Waals surface area contributed by atoms with Crippen molar-refractivity contribution in [2.45, 2.75) is 25.3 Å². The second-order valence-corrected chi connectivity index (χ2v) is 6.39. The zero-order valence-corrected chi connectivity index (χ0v) is 13.3. The predicted octanol–water partition coefficient (Wildman–Crippen LogP) is -0.133. The van der Waals surface area contributed by atoms with E-state index in [4.69, 9.17) is 0 Å². The molecule has 1 aromatic rings. The maximum Gasteiger partial charge on any atom is 0.262 e. The molecule has 0 aromatic heterocycles. The minimum atomic E-state index is -0.970. The highest BCUT2D eigenvalue weighted by Gasteiger charge is 2.44. The number of rotatable bonds is 2. The van der Waals surface area contributed by atoms with Crippen LogP contribution >= 0.6 is 0 Å².